The first-order valence-corrected chi connectivity index (χ1v) is 14.5. The molecule has 0 saturated heterocycles. The van der Waals surface area contributed by atoms with E-state index in [4.69, 9.17) is 0 Å². The summed E-state index contributed by atoms with van der Waals surface area (Å²) in [4.78, 5) is 27.8. The Hall–Kier alpha value is -3.01. The van der Waals surface area contributed by atoms with Crippen molar-refractivity contribution in [3.63, 3.8) is 0 Å². The molecule has 0 bridgehead atoms. The molecular weight excluding hydrogens is 500 g/mol. The minimum absolute atomic E-state index is 0.0107. The van der Waals surface area contributed by atoms with E-state index in [1.807, 2.05) is 44.2 Å². The number of rotatable bonds is 15. The Kier molecular flexibility index (Phi) is 12.0. The van der Waals surface area contributed by atoms with Gasteiger partial charge in [0.1, 0.15) is 6.04 Å². The molecule has 0 aromatic heterocycles. The number of sulfonamides is 1. The highest BCUT2D eigenvalue weighted by atomic mass is 32.2. The molecule has 0 heterocycles. The number of carbonyl (C=O) groups excluding carboxylic acids is 2. The van der Waals surface area contributed by atoms with Gasteiger partial charge in [0.25, 0.3) is 0 Å². The molecule has 2 aromatic rings. The van der Waals surface area contributed by atoms with Crippen LogP contribution in [0.5, 0.6) is 0 Å². The molecule has 7 nitrogen and oxygen atoms in total. The summed E-state index contributed by atoms with van der Waals surface area (Å²) in [6.45, 7) is 4.65. The molecule has 0 radical (unpaired) electrons. The fourth-order valence-corrected chi connectivity index (χ4v) is 5.00. The number of hydrogen-bond donors (Lipinski definition) is 1. The van der Waals surface area contributed by atoms with E-state index >= 15 is 0 Å². The van der Waals surface area contributed by atoms with E-state index in [1.54, 1.807) is 4.90 Å². The third kappa shape index (κ3) is 9.42. The second-order valence-electron chi connectivity index (χ2n) is 8.93. The fourth-order valence-electron chi connectivity index (χ4n) is 4.05. The van der Waals surface area contributed by atoms with Crippen LogP contribution in [0.3, 0.4) is 0 Å². The van der Waals surface area contributed by atoms with Gasteiger partial charge in [-0.2, -0.15) is 0 Å². The van der Waals surface area contributed by atoms with Gasteiger partial charge in [-0.05, 0) is 43.4 Å². The van der Waals surface area contributed by atoms with Crippen molar-refractivity contribution in [1.82, 2.24) is 10.2 Å². The monoisotopic (exact) mass is 537 g/mol. The summed E-state index contributed by atoms with van der Waals surface area (Å²) >= 11 is 0. The van der Waals surface area contributed by atoms with Gasteiger partial charge in [0.2, 0.25) is 21.8 Å². The fraction of sp³-hybridized carbons (Fsp3) is 0.481. The summed E-state index contributed by atoms with van der Waals surface area (Å²) in [6.07, 6.45) is 3.87. The molecule has 0 aliphatic carbocycles. The van der Waals surface area contributed by atoms with Gasteiger partial charge in [-0.3, -0.25) is 13.9 Å². The van der Waals surface area contributed by atoms with Crippen LogP contribution in [-0.4, -0.2) is 57.1 Å². The van der Waals surface area contributed by atoms with Gasteiger partial charge in [0.15, 0.2) is 11.6 Å². The smallest absolute Gasteiger partial charge is 0.242 e. The molecular formula is C27H37F2N3O4S. The van der Waals surface area contributed by atoms with Crippen LogP contribution in [0.15, 0.2) is 48.5 Å². The van der Waals surface area contributed by atoms with Crippen molar-refractivity contribution in [2.45, 2.75) is 58.4 Å². The van der Waals surface area contributed by atoms with E-state index in [2.05, 4.69) is 5.32 Å². The van der Waals surface area contributed by atoms with Crippen LogP contribution in [0.25, 0.3) is 0 Å². The number of nitrogens with zero attached hydrogens (tertiary/aromatic N) is 2. The van der Waals surface area contributed by atoms with Gasteiger partial charge in [0, 0.05) is 32.1 Å². The lowest BCUT2D eigenvalue weighted by molar-refractivity contribution is -0.140. The Bertz CT molecular complexity index is 1130. The molecule has 2 rings (SSSR count). The Morgan fingerprint density at radius 1 is 0.973 bits per heavy atom. The first-order chi connectivity index (χ1) is 17.6. The Morgan fingerprint density at radius 2 is 1.68 bits per heavy atom. The quantitative estimate of drug-likeness (QED) is 0.344. The molecule has 0 aliphatic heterocycles. The van der Waals surface area contributed by atoms with Crippen molar-refractivity contribution in [2.24, 2.45) is 0 Å². The Balaban J connectivity index is 2.15. The highest BCUT2D eigenvalue weighted by Gasteiger charge is 2.28. The van der Waals surface area contributed by atoms with Crippen LogP contribution in [-0.2, 0) is 26.0 Å². The normalized spacial score (nSPS) is 12.1. The summed E-state index contributed by atoms with van der Waals surface area (Å²) in [5.74, 6) is -2.72. The molecule has 0 saturated carbocycles. The van der Waals surface area contributed by atoms with Crippen LogP contribution < -0.4 is 9.62 Å². The molecule has 2 amide bonds. The van der Waals surface area contributed by atoms with Crippen molar-refractivity contribution in [1.29, 1.82) is 0 Å². The first kappa shape index (κ1) is 30.2. The van der Waals surface area contributed by atoms with Crippen molar-refractivity contribution < 1.29 is 26.8 Å². The second kappa shape index (κ2) is 14.7. The number of nitrogens with one attached hydrogen (secondary N) is 1. The number of benzene rings is 2. The summed E-state index contributed by atoms with van der Waals surface area (Å²) < 4.78 is 52.7. The molecule has 0 aliphatic rings. The van der Waals surface area contributed by atoms with Crippen molar-refractivity contribution in [3.8, 4) is 0 Å². The molecule has 1 atom stereocenters. The van der Waals surface area contributed by atoms with Crippen LogP contribution in [0.4, 0.5) is 14.5 Å². The zero-order chi connectivity index (χ0) is 27.4. The number of halogens is 2. The number of amides is 2. The van der Waals surface area contributed by atoms with Gasteiger partial charge in [-0.1, -0.05) is 50.6 Å². The Morgan fingerprint density at radius 3 is 2.27 bits per heavy atom. The van der Waals surface area contributed by atoms with Gasteiger partial charge in [0.05, 0.1) is 11.9 Å². The predicted molar refractivity (Wildman–Crippen MR) is 142 cm³/mol. The molecule has 1 N–H and O–H groups in total. The van der Waals surface area contributed by atoms with Crippen molar-refractivity contribution in [3.05, 3.63) is 65.7 Å². The minimum Gasteiger partial charge on any atom is -0.354 e. The maximum Gasteiger partial charge on any atom is 0.242 e. The van der Waals surface area contributed by atoms with Crippen LogP contribution in [0.2, 0.25) is 0 Å². The SMILES string of the molecule is CCCCNC(=O)C(CC)N(CCc1ccccc1)C(=O)CCCN(c1ccc(F)c(F)c1)S(C)(=O)=O. The number of carbonyl (C=O) groups is 2. The van der Waals surface area contributed by atoms with E-state index < -0.39 is 27.7 Å². The molecule has 37 heavy (non-hydrogen) atoms. The zero-order valence-corrected chi connectivity index (χ0v) is 22.6. The van der Waals surface area contributed by atoms with Gasteiger partial charge >= 0.3 is 0 Å². The minimum atomic E-state index is -3.80. The largest absolute Gasteiger partial charge is 0.354 e. The standard InChI is InChI=1S/C27H37F2N3O4S/c1-4-6-17-30-27(34)25(5-2)31(19-16-21-11-8-7-9-12-21)26(33)13-10-18-32(37(3,35)36)22-14-15-23(28)24(29)20-22/h7-9,11-12,14-15,20,25H,4-6,10,13,16-19H2,1-3H3,(H,30,34). The van der Waals surface area contributed by atoms with Gasteiger partial charge in [-0.25, -0.2) is 17.2 Å². The van der Waals surface area contributed by atoms with E-state index in [0.29, 0.717) is 25.9 Å². The van der Waals surface area contributed by atoms with Crippen molar-refractivity contribution in [2.75, 3.05) is 30.2 Å². The highest BCUT2D eigenvalue weighted by molar-refractivity contribution is 7.92. The summed E-state index contributed by atoms with van der Waals surface area (Å²) in [6, 6.07) is 11.9. The predicted octanol–water partition coefficient (Wildman–Crippen LogP) is 4.28. The number of anilines is 1. The van der Waals surface area contributed by atoms with E-state index in [9.17, 15) is 26.8 Å². The van der Waals surface area contributed by atoms with Gasteiger partial charge in [-0.15, -0.1) is 0 Å². The molecule has 0 spiro atoms. The summed E-state index contributed by atoms with van der Waals surface area (Å²) in [5, 5.41) is 2.91. The topological polar surface area (TPSA) is 86.8 Å². The number of hydrogen-bond acceptors (Lipinski definition) is 4. The lowest BCUT2D eigenvalue weighted by Gasteiger charge is -2.31. The lowest BCUT2D eigenvalue weighted by atomic mass is 10.1. The second-order valence-corrected chi connectivity index (χ2v) is 10.8. The average molecular weight is 538 g/mol. The summed E-state index contributed by atoms with van der Waals surface area (Å²) in [5.41, 5.74) is 1.01. The van der Waals surface area contributed by atoms with Gasteiger partial charge < -0.3 is 10.2 Å². The molecule has 204 valence electrons. The Labute approximate surface area is 218 Å². The van der Waals surface area contributed by atoms with Crippen molar-refractivity contribution >= 4 is 27.5 Å². The van der Waals surface area contributed by atoms with Crippen LogP contribution in [0, 0.1) is 11.6 Å². The highest BCUT2D eigenvalue weighted by Crippen LogP contribution is 2.21. The number of unbranched alkanes of at least 4 members (excludes halogenated alkanes) is 1. The van der Waals surface area contributed by atoms with Crippen LogP contribution in [0.1, 0.15) is 51.5 Å². The maximum absolute atomic E-state index is 13.7. The molecule has 10 heteroatoms. The third-order valence-electron chi connectivity index (χ3n) is 6.04. The molecule has 1 unspecified atom stereocenters. The lowest BCUT2D eigenvalue weighted by Crippen LogP contribution is -2.50. The zero-order valence-electron chi connectivity index (χ0n) is 21.8. The third-order valence-corrected chi connectivity index (χ3v) is 7.24. The van der Waals surface area contributed by atoms with E-state index in [1.165, 1.54) is 6.07 Å². The summed E-state index contributed by atoms with van der Waals surface area (Å²) in [7, 11) is -3.80. The van der Waals surface area contributed by atoms with Crippen LogP contribution >= 0.6 is 0 Å². The van der Waals surface area contributed by atoms with E-state index in [0.717, 1.165) is 41.1 Å². The molecule has 2 aromatic carbocycles. The average Bonchev–Trinajstić information content (AvgIpc) is 2.86. The maximum atomic E-state index is 13.7. The first-order valence-electron chi connectivity index (χ1n) is 12.6. The van der Waals surface area contributed by atoms with E-state index in [-0.39, 0.29) is 36.9 Å². The molecule has 0 fully saturated rings.